The zero-order chi connectivity index (χ0) is 19.8. The van der Waals surface area contributed by atoms with Crippen LogP contribution >= 0.6 is 0 Å². The van der Waals surface area contributed by atoms with Crippen LogP contribution in [0.5, 0.6) is 0 Å². The lowest BCUT2D eigenvalue weighted by atomic mass is 9.88. The monoisotopic (exact) mass is 400 g/mol. The van der Waals surface area contributed by atoms with E-state index in [4.69, 9.17) is 9.47 Å². The number of fused-ring (bicyclic) bond motifs is 2. The average molecular weight is 400 g/mol. The van der Waals surface area contributed by atoms with Crippen LogP contribution in [0.2, 0.25) is 0 Å². The van der Waals surface area contributed by atoms with Crippen molar-refractivity contribution in [2.45, 2.75) is 37.6 Å². The van der Waals surface area contributed by atoms with Gasteiger partial charge in [-0.2, -0.15) is 5.10 Å². The van der Waals surface area contributed by atoms with Crippen molar-refractivity contribution in [3.63, 3.8) is 0 Å². The molecule has 3 aliphatic heterocycles. The maximum Gasteiger partial charge on any atom is 0.253 e. The van der Waals surface area contributed by atoms with Crippen molar-refractivity contribution in [3.8, 4) is 0 Å². The predicted octanol–water partition coefficient (Wildman–Crippen LogP) is 0.366. The van der Waals surface area contributed by atoms with Crippen LogP contribution in [0.25, 0.3) is 0 Å². The second-order valence-electron chi connectivity index (χ2n) is 8.24. The molecule has 1 amide bonds. The van der Waals surface area contributed by atoms with Gasteiger partial charge in [0.05, 0.1) is 26.0 Å². The number of morpholine rings is 1. The third-order valence-corrected chi connectivity index (χ3v) is 6.28. The molecule has 1 atom stereocenters. The van der Waals surface area contributed by atoms with E-state index in [2.05, 4.69) is 25.7 Å². The van der Waals surface area contributed by atoms with E-state index in [-0.39, 0.29) is 5.91 Å². The SMILES string of the molecule is Cn1cc(CN2CCC3(CC2)O[C@@H](C(=O)N2CCOCC2)Cn2ccnc23)cn1. The number of rotatable bonds is 3. The number of nitrogens with zero attached hydrogens (tertiary/aromatic N) is 6. The van der Waals surface area contributed by atoms with Gasteiger partial charge < -0.3 is 18.9 Å². The normalized spacial score (nSPS) is 24.6. The second kappa shape index (κ2) is 7.55. The zero-order valence-electron chi connectivity index (χ0n) is 16.9. The minimum atomic E-state index is -0.486. The van der Waals surface area contributed by atoms with Crippen molar-refractivity contribution in [2.24, 2.45) is 7.05 Å². The molecule has 5 rings (SSSR count). The van der Waals surface area contributed by atoms with Crippen molar-refractivity contribution in [3.05, 3.63) is 36.2 Å². The molecular formula is C20H28N6O3. The summed E-state index contributed by atoms with van der Waals surface area (Å²) in [5.41, 5.74) is 0.731. The first-order valence-electron chi connectivity index (χ1n) is 10.4. The highest BCUT2D eigenvalue weighted by atomic mass is 16.5. The molecule has 0 unspecified atom stereocenters. The van der Waals surface area contributed by atoms with E-state index >= 15 is 0 Å². The fraction of sp³-hybridized carbons (Fsp3) is 0.650. The molecule has 29 heavy (non-hydrogen) atoms. The van der Waals surface area contributed by atoms with Gasteiger partial charge in [-0.05, 0) is 12.8 Å². The maximum atomic E-state index is 13.1. The van der Waals surface area contributed by atoms with Crippen LogP contribution in [0.3, 0.4) is 0 Å². The number of carbonyl (C=O) groups excluding carboxylic acids is 1. The summed E-state index contributed by atoms with van der Waals surface area (Å²) in [6, 6.07) is 0. The summed E-state index contributed by atoms with van der Waals surface area (Å²) in [7, 11) is 1.94. The number of ether oxygens (including phenoxy) is 2. The van der Waals surface area contributed by atoms with Crippen LogP contribution < -0.4 is 0 Å². The fourth-order valence-electron chi connectivity index (χ4n) is 4.74. The first-order chi connectivity index (χ1) is 14.1. The van der Waals surface area contributed by atoms with E-state index in [1.165, 1.54) is 5.56 Å². The maximum absolute atomic E-state index is 13.1. The summed E-state index contributed by atoms with van der Waals surface area (Å²) in [4.78, 5) is 22.0. The largest absolute Gasteiger partial charge is 0.378 e. The molecule has 0 aromatic carbocycles. The molecule has 0 aliphatic carbocycles. The highest BCUT2D eigenvalue weighted by Crippen LogP contribution is 2.40. The summed E-state index contributed by atoms with van der Waals surface area (Å²) in [6.45, 7) is 5.71. The van der Waals surface area contributed by atoms with Crippen LogP contribution in [-0.2, 0) is 40.0 Å². The number of likely N-dealkylation sites (tertiary alicyclic amines) is 1. The molecule has 2 fully saturated rings. The van der Waals surface area contributed by atoms with Gasteiger partial charge in [0.1, 0.15) is 11.4 Å². The summed E-state index contributed by atoms with van der Waals surface area (Å²) in [5, 5.41) is 4.26. The van der Waals surface area contributed by atoms with Gasteiger partial charge in [-0.3, -0.25) is 14.4 Å². The number of carbonyl (C=O) groups is 1. The van der Waals surface area contributed by atoms with Gasteiger partial charge in [0, 0.05) is 63.9 Å². The second-order valence-corrected chi connectivity index (χ2v) is 8.24. The highest BCUT2D eigenvalue weighted by molar-refractivity contribution is 5.81. The molecule has 0 radical (unpaired) electrons. The molecule has 2 aromatic heterocycles. The fourth-order valence-corrected chi connectivity index (χ4v) is 4.74. The van der Waals surface area contributed by atoms with Crippen molar-refractivity contribution < 1.29 is 14.3 Å². The van der Waals surface area contributed by atoms with Crippen molar-refractivity contribution in [2.75, 3.05) is 39.4 Å². The Balaban J connectivity index is 1.30. The Kier molecular flexibility index (Phi) is 4.89. The molecule has 1 spiro atoms. The Labute approximate surface area is 170 Å². The number of hydrogen-bond acceptors (Lipinski definition) is 6. The molecule has 0 bridgehead atoms. The van der Waals surface area contributed by atoms with Crippen LogP contribution in [-0.4, -0.2) is 80.5 Å². The van der Waals surface area contributed by atoms with Gasteiger partial charge in [0.15, 0.2) is 6.10 Å². The van der Waals surface area contributed by atoms with Gasteiger partial charge in [0.2, 0.25) is 0 Å². The van der Waals surface area contributed by atoms with E-state index in [0.717, 1.165) is 38.3 Å². The molecule has 9 nitrogen and oxygen atoms in total. The Hall–Kier alpha value is -2.23. The first-order valence-corrected chi connectivity index (χ1v) is 10.4. The quantitative estimate of drug-likeness (QED) is 0.741. The number of piperidine rings is 1. The molecule has 3 aliphatic rings. The van der Waals surface area contributed by atoms with Gasteiger partial charge in [-0.25, -0.2) is 4.98 Å². The third kappa shape index (κ3) is 3.58. The first kappa shape index (κ1) is 18.8. The Morgan fingerprint density at radius 3 is 2.76 bits per heavy atom. The highest BCUT2D eigenvalue weighted by Gasteiger charge is 2.47. The van der Waals surface area contributed by atoms with Crippen molar-refractivity contribution >= 4 is 5.91 Å². The third-order valence-electron chi connectivity index (χ3n) is 6.28. The summed E-state index contributed by atoms with van der Waals surface area (Å²) in [5.74, 6) is 1.04. The van der Waals surface area contributed by atoms with Gasteiger partial charge in [0.25, 0.3) is 5.91 Å². The lowest BCUT2D eigenvalue weighted by Gasteiger charge is -2.46. The van der Waals surface area contributed by atoms with Crippen molar-refractivity contribution in [1.82, 2.24) is 29.1 Å². The van der Waals surface area contributed by atoms with E-state index in [1.54, 1.807) is 0 Å². The number of aromatic nitrogens is 4. The molecule has 2 aromatic rings. The minimum absolute atomic E-state index is 0.0739. The van der Waals surface area contributed by atoms with Crippen LogP contribution in [0.15, 0.2) is 24.8 Å². The van der Waals surface area contributed by atoms with Gasteiger partial charge in [-0.15, -0.1) is 0 Å². The average Bonchev–Trinajstić information content (AvgIpc) is 3.39. The summed E-state index contributed by atoms with van der Waals surface area (Å²) in [6.07, 6.45) is 8.98. The molecule has 5 heterocycles. The standard InChI is InChI=1S/C20H28N6O3/c1-23-13-16(12-22-23)14-24-5-2-20(3-6-24)19-21-4-7-26(19)15-17(29-20)18(27)25-8-10-28-11-9-25/h4,7,12-13,17H,2-3,5-6,8-11,14-15H2,1H3/t17-/m1/s1. The van der Waals surface area contributed by atoms with Gasteiger partial charge in [-0.1, -0.05) is 0 Å². The molecule has 156 valence electrons. The lowest BCUT2D eigenvalue weighted by Crippen LogP contribution is -2.55. The van der Waals surface area contributed by atoms with Crippen molar-refractivity contribution in [1.29, 1.82) is 0 Å². The smallest absolute Gasteiger partial charge is 0.253 e. The molecule has 0 saturated carbocycles. The summed E-state index contributed by atoms with van der Waals surface area (Å²) >= 11 is 0. The lowest BCUT2D eigenvalue weighted by molar-refractivity contribution is -0.183. The number of aryl methyl sites for hydroxylation is 1. The Bertz CT molecular complexity index is 863. The number of amides is 1. The zero-order valence-corrected chi connectivity index (χ0v) is 16.9. The van der Waals surface area contributed by atoms with Crippen LogP contribution in [0, 0.1) is 0 Å². The molecular weight excluding hydrogens is 372 g/mol. The van der Waals surface area contributed by atoms with Crippen LogP contribution in [0.1, 0.15) is 24.2 Å². The van der Waals surface area contributed by atoms with E-state index in [1.807, 2.05) is 35.2 Å². The Morgan fingerprint density at radius 2 is 2.03 bits per heavy atom. The predicted molar refractivity (Wildman–Crippen MR) is 104 cm³/mol. The minimum Gasteiger partial charge on any atom is -0.378 e. The number of imidazole rings is 1. The van der Waals surface area contributed by atoms with E-state index < -0.39 is 11.7 Å². The van der Waals surface area contributed by atoms with Gasteiger partial charge >= 0.3 is 0 Å². The van der Waals surface area contributed by atoms with Crippen LogP contribution in [0.4, 0.5) is 0 Å². The molecule has 0 N–H and O–H groups in total. The molecule has 9 heteroatoms. The summed E-state index contributed by atoms with van der Waals surface area (Å²) < 4.78 is 15.9. The van der Waals surface area contributed by atoms with E-state index in [9.17, 15) is 4.79 Å². The van der Waals surface area contributed by atoms with E-state index in [0.29, 0.717) is 32.8 Å². The molecule has 2 saturated heterocycles. The Morgan fingerprint density at radius 1 is 1.24 bits per heavy atom. The number of hydrogen-bond donors (Lipinski definition) is 0. The topological polar surface area (TPSA) is 77.6 Å².